The fourth-order valence-corrected chi connectivity index (χ4v) is 2.58. The van der Waals surface area contributed by atoms with E-state index in [1.165, 1.54) is 14.0 Å². The largest absolute Gasteiger partial charge is 0.514 e. The van der Waals surface area contributed by atoms with Crippen molar-refractivity contribution in [2.45, 2.75) is 46.1 Å². The molecule has 278 valence electrons. The maximum absolute atomic E-state index is 13.3. The summed E-state index contributed by atoms with van der Waals surface area (Å²) in [7, 11) is 6.03. The number of hydrogen-bond acceptors (Lipinski definition) is 13. The summed E-state index contributed by atoms with van der Waals surface area (Å²) in [4.78, 5) is 43.4. The first-order valence-electron chi connectivity index (χ1n) is 14.5. The van der Waals surface area contributed by atoms with Crippen molar-refractivity contribution in [2.75, 3.05) is 53.9 Å². The molecule has 1 aromatic rings. The van der Waals surface area contributed by atoms with Gasteiger partial charge < -0.3 is 43.0 Å². The van der Waals surface area contributed by atoms with Gasteiger partial charge in [-0.3, -0.25) is 0 Å². The van der Waals surface area contributed by atoms with Crippen LogP contribution in [0, 0.1) is 39.9 Å². The smallest absolute Gasteiger partial charge is 0.438 e. The van der Waals surface area contributed by atoms with Gasteiger partial charge >= 0.3 is 24.6 Å². The highest BCUT2D eigenvalue weighted by atomic mass is 31.1. The number of benzene rings is 1. The lowest BCUT2D eigenvalue weighted by Crippen LogP contribution is -2.41. The second-order valence-electron chi connectivity index (χ2n) is 9.99. The van der Waals surface area contributed by atoms with Gasteiger partial charge in [0.1, 0.15) is 44.8 Å². The molecule has 2 heterocycles. The normalized spacial score (nSPS) is 16.0. The van der Waals surface area contributed by atoms with Gasteiger partial charge in [-0.15, -0.1) is 0 Å². The molecule has 0 amide bonds. The van der Waals surface area contributed by atoms with Crippen molar-refractivity contribution in [3.05, 3.63) is 29.1 Å². The van der Waals surface area contributed by atoms with E-state index in [1.54, 1.807) is 6.92 Å². The number of ether oxygens (including phenoxy) is 8. The second kappa shape index (κ2) is 22.4. The molecule has 2 unspecified atom stereocenters. The Bertz CT molecular complexity index is 1190. The Balaban J connectivity index is 0. The van der Waals surface area contributed by atoms with E-state index in [-0.39, 0.29) is 39.9 Å². The van der Waals surface area contributed by atoms with Gasteiger partial charge in [-0.05, 0) is 20.7 Å². The minimum atomic E-state index is -2.39. The number of halogens is 6. The summed E-state index contributed by atoms with van der Waals surface area (Å²) in [5, 5.41) is 5.54. The van der Waals surface area contributed by atoms with Crippen LogP contribution in [0.5, 0.6) is 5.75 Å². The zero-order valence-corrected chi connectivity index (χ0v) is 28.9. The summed E-state index contributed by atoms with van der Waals surface area (Å²) < 4.78 is 126. The van der Waals surface area contributed by atoms with Crippen LogP contribution < -0.4 is 4.74 Å². The van der Waals surface area contributed by atoms with Crippen molar-refractivity contribution < 1.29 is 91.3 Å². The Hall–Kier alpha value is -3.30. The van der Waals surface area contributed by atoms with E-state index in [0.717, 1.165) is 13.5 Å². The first-order valence-corrected chi connectivity index (χ1v) is 14.3. The van der Waals surface area contributed by atoms with Crippen LogP contribution in [0.4, 0.5) is 45.5 Å². The molecule has 2 atom stereocenters. The predicted octanol–water partition coefficient (Wildman–Crippen LogP) is 6.42. The Morgan fingerprint density at radius 2 is 1.12 bits per heavy atom. The fraction of sp³-hybridized carbons (Fsp3) is 0.630. The standard InChI is InChI=1S/C13H9F5O6.C8H12O6.C3H8.C2H7FP2.CH4O/c1-13(2-21-11(19)22-3-13)4-23-12(20)24-10-8(17)6(15)5(14)7(16)9(10)18;1-8(3-12-6(9)11-2)4-13-7(10)14-5-8;1-3-2;1-2(3,4)5;1-2/h2-4H2,1H3;3-5H2,1-2H3;3H2,1-2H3;4-5H2,1H3;2H,1H3/i;;2*1T;. The molecule has 1 N–H and O–H groups in total. The molecule has 2 aliphatic rings. The third-order valence-electron chi connectivity index (χ3n) is 4.75. The van der Waals surface area contributed by atoms with Gasteiger partial charge in [0.05, 0.1) is 17.9 Å². The van der Waals surface area contributed by atoms with Crippen molar-refractivity contribution >= 4 is 43.1 Å². The average Bonchev–Trinajstić information content (AvgIpc) is 3.10. The fourth-order valence-electron chi connectivity index (χ4n) is 2.58. The molecule has 2 fully saturated rings. The number of aliphatic hydroxyl groups is 1. The summed E-state index contributed by atoms with van der Waals surface area (Å²) in [6, 6.07) is 0. The van der Waals surface area contributed by atoms with Crippen LogP contribution in [-0.2, 0) is 33.2 Å². The van der Waals surface area contributed by atoms with Crippen molar-refractivity contribution in [1.82, 2.24) is 0 Å². The van der Waals surface area contributed by atoms with E-state index in [9.17, 15) is 45.5 Å². The van der Waals surface area contributed by atoms with Crippen LogP contribution in [0.2, 0.25) is 0 Å². The molecule has 2 saturated heterocycles. The highest BCUT2D eigenvalue weighted by Gasteiger charge is 2.36. The number of carbonyl (C=O) groups is 4. The number of methoxy groups -OCH3 is 1. The van der Waals surface area contributed by atoms with Gasteiger partial charge in [0.2, 0.25) is 34.8 Å². The van der Waals surface area contributed by atoms with Gasteiger partial charge in [0, 0.05) is 9.85 Å². The number of alkyl halides is 1. The van der Waals surface area contributed by atoms with E-state index in [2.05, 4.69) is 33.2 Å². The first kappa shape index (κ1) is 42.7. The van der Waals surface area contributed by atoms with Gasteiger partial charge in [-0.1, -0.05) is 38.7 Å². The number of hydrogen-bond donors (Lipinski definition) is 1. The zero-order valence-electron chi connectivity index (χ0n) is 28.6. The topological polar surface area (TPSA) is 162 Å². The lowest BCUT2D eigenvalue weighted by molar-refractivity contribution is -0.0786. The molecule has 0 aromatic heterocycles. The summed E-state index contributed by atoms with van der Waals surface area (Å²) in [6.45, 7) is 5.22. The maximum Gasteiger partial charge on any atom is 0.514 e. The first-order chi connectivity index (χ1) is 23.2. The van der Waals surface area contributed by atoms with Crippen LogP contribution in [0.15, 0.2) is 0 Å². The third-order valence-corrected chi connectivity index (χ3v) is 4.75. The van der Waals surface area contributed by atoms with Gasteiger partial charge in [0.15, 0.2) is 0 Å². The molecule has 3 rings (SSSR count). The molecule has 1 aromatic carbocycles. The van der Waals surface area contributed by atoms with Crippen LogP contribution in [0.25, 0.3) is 0 Å². The average molecular weight is 753 g/mol. The Morgan fingerprint density at radius 3 is 1.42 bits per heavy atom. The van der Waals surface area contributed by atoms with Crippen LogP contribution in [-0.4, -0.2) is 88.7 Å². The van der Waals surface area contributed by atoms with Crippen molar-refractivity contribution in [1.29, 1.82) is 0 Å². The Labute approximate surface area is 280 Å². The minimum Gasteiger partial charge on any atom is -0.438 e. The highest BCUT2D eigenvalue weighted by Crippen LogP contribution is 2.30. The molecule has 0 aliphatic carbocycles. The van der Waals surface area contributed by atoms with Crippen LogP contribution in [0.3, 0.4) is 0 Å². The lowest BCUT2D eigenvalue weighted by atomic mass is 9.94. The van der Waals surface area contributed by atoms with E-state index >= 15 is 0 Å². The second-order valence-corrected chi connectivity index (χ2v) is 12.6. The summed E-state index contributed by atoms with van der Waals surface area (Å²) in [5.41, 5.74) is -1.47. The van der Waals surface area contributed by atoms with Gasteiger partial charge in [-0.2, -0.15) is 8.78 Å². The quantitative estimate of drug-likeness (QED) is 0.0668. The number of aliphatic hydroxyl groups excluding tert-OH is 1. The minimum absolute atomic E-state index is 0.0902. The number of carbonyl (C=O) groups excluding carboxylic acids is 4. The summed E-state index contributed by atoms with van der Waals surface area (Å²) in [6.07, 6.45) is -3.10. The molecular weight excluding hydrogens is 708 g/mol. The van der Waals surface area contributed by atoms with E-state index in [1.807, 2.05) is 25.4 Å². The third kappa shape index (κ3) is 18.9. The molecule has 2 aliphatic heterocycles. The molecule has 0 radical (unpaired) electrons. The van der Waals surface area contributed by atoms with Crippen molar-refractivity contribution in [3.63, 3.8) is 0 Å². The summed E-state index contributed by atoms with van der Waals surface area (Å²) >= 11 is 0. The highest BCUT2D eigenvalue weighted by molar-refractivity contribution is 7.39. The number of rotatable bonds is 5. The number of cyclic esters (lactones) is 4. The molecular formula is C27H40F6O13P2. The van der Waals surface area contributed by atoms with E-state index in [0.29, 0.717) is 6.90 Å². The molecule has 0 spiro atoms. The zero-order chi connectivity index (χ0) is 39.3. The lowest BCUT2D eigenvalue weighted by Gasteiger charge is -2.31. The molecule has 0 saturated carbocycles. The Morgan fingerprint density at radius 1 is 0.812 bits per heavy atom. The van der Waals surface area contributed by atoms with Gasteiger partial charge in [-0.25, -0.2) is 36.7 Å². The maximum atomic E-state index is 13.3. The predicted molar refractivity (Wildman–Crippen MR) is 160 cm³/mol. The van der Waals surface area contributed by atoms with Crippen molar-refractivity contribution in [3.8, 4) is 5.75 Å². The van der Waals surface area contributed by atoms with E-state index < -0.39 is 82.0 Å². The van der Waals surface area contributed by atoms with Crippen LogP contribution in [0.1, 0.15) is 43.7 Å². The monoisotopic (exact) mass is 752 g/mol. The van der Waals surface area contributed by atoms with E-state index in [4.69, 9.17) is 12.6 Å². The Kier molecular flexibility index (Phi) is 19.9. The molecule has 48 heavy (non-hydrogen) atoms. The molecule has 0 bridgehead atoms. The van der Waals surface area contributed by atoms with Crippen molar-refractivity contribution in [2.24, 2.45) is 10.8 Å². The molecule has 21 heteroatoms. The van der Waals surface area contributed by atoms with Crippen LogP contribution >= 0.6 is 18.5 Å². The SMILES string of the molecule is CC1(COC(=O)Oc2c(F)c(F)c(F)c(F)c2F)COC(=O)OC1.CO.COC(=O)OCC1(C)COC(=O)OC1.[3H]CC(F)(P)P.[3H]CCC. The summed E-state index contributed by atoms with van der Waals surface area (Å²) in [5.74, 6) is -13.3. The van der Waals surface area contributed by atoms with Gasteiger partial charge in [0.25, 0.3) is 0 Å². The molecule has 13 nitrogen and oxygen atoms in total.